The zero-order chi connectivity index (χ0) is 44.8. The first-order chi connectivity index (χ1) is 31.0. The number of anilines is 3. The summed E-state index contributed by atoms with van der Waals surface area (Å²) in [5.74, 6) is -2.31. The highest BCUT2D eigenvalue weighted by atomic mass is 28.4. The number of allylic oxidation sites excluding steroid dienone is 1. The number of aliphatic hydroxyl groups is 3. The van der Waals surface area contributed by atoms with E-state index in [1.54, 1.807) is 30.5 Å². The average molecular weight is 874 g/mol. The molecule has 0 spiro atoms. The van der Waals surface area contributed by atoms with E-state index in [1.807, 2.05) is 103 Å². The lowest BCUT2D eigenvalue weighted by atomic mass is 9.68. The molecule has 1 aliphatic carbocycles. The number of hydrogen-bond acceptors (Lipinski definition) is 9. The van der Waals surface area contributed by atoms with E-state index in [-0.39, 0.29) is 37.0 Å². The Kier molecular flexibility index (Phi) is 13.4. The van der Waals surface area contributed by atoms with E-state index in [9.17, 15) is 24.9 Å². The summed E-state index contributed by atoms with van der Waals surface area (Å²) in [6.45, 7) is 5.98. The lowest BCUT2D eigenvalue weighted by molar-refractivity contribution is -0.123. The monoisotopic (exact) mass is 873 g/mol. The highest BCUT2D eigenvalue weighted by molar-refractivity contribution is 6.99. The predicted molar refractivity (Wildman–Crippen MR) is 253 cm³/mol. The van der Waals surface area contributed by atoms with Crippen LogP contribution in [0.25, 0.3) is 11.6 Å². The normalized spacial score (nSPS) is 18.6. The van der Waals surface area contributed by atoms with Gasteiger partial charge in [0.2, 0.25) is 11.8 Å². The molecule has 3 heterocycles. The van der Waals surface area contributed by atoms with Crippen molar-refractivity contribution >= 4 is 59.2 Å². The summed E-state index contributed by atoms with van der Waals surface area (Å²) >= 11 is 0. The van der Waals surface area contributed by atoms with Crippen molar-refractivity contribution in [3.8, 4) is 0 Å². The molecule has 328 valence electrons. The quantitative estimate of drug-likeness (QED) is 0.0429. The van der Waals surface area contributed by atoms with Gasteiger partial charge in [0, 0.05) is 23.5 Å². The van der Waals surface area contributed by atoms with Gasteiger partial charge in [0.15, 0.2) is 0 Å². The molecule has 1 fully saturated rings. The fourth-order valence-electron chi connectivity index (χ4n) is 9.69. The molecule has 2 amide bonds. The smallest absolute Gasteiger partial charge is 0.261 e. The molecule has 4 N–H and O–H groups in total. The molecule has 0 saturated carbocycles. The Morgan fingerprint density at radius 1 is 0.828 bits per heavy atom. The standard InChI is InChI=1S/C53H55N3O7Si/c1-53(2,3)64(43-17-9-5-10-18-43,44-19-11-6-12-20-44)62-35-37-32-45-50(52(61)56(51(45)60)40-25-23-39(24-26-40)55-38-15-7-4-8-16-38)46(34-58)49(37)48(59)29-22-36(47-21-13-14-30-54-47)31-41-27-28-42(33-57)63-41/h4-21,23-28,30-31,45-46,48,50,55,57-59H,22,29,32-35H2,1-3H3/b36-31-/t45-,46+,48-,50-/m1/s1. The molecule has 2 aromatic heterocycles. The molecule has 64 heavy (non-hydrogen) atoms. The summed E-state index contributed by atoms with van der Waals surface area (Å²) in [5, 5.41) is 38.7. The molecule has 1 saturated heterocycles. The molecule has 8 rings (SSSR count). The first kappa shape index (κ1) is 44.4. The fourth-order valence-corrected chi connectivity index (χ4v) is 14.2. The van der Waals surface area contributed by atoms with Gasteiger partial charge in [-0.2, -0.15) is 0 Å². The number of aromatic nitrogens is 1. The maximum absolute atomic E-state index is 14.7. The molecule has 10 nitrogen and oxygen atoms in total. The van der Waals surface area contributed by atoms with E-state index in [4.69, 9.17) is 8.84 Å². The lowest BCUT2D eigenvalue weighted by Crippen LogP contribution is -2.66. The number of imide groups is 1. The Hall–Kier alpha value is -6.21. The minimum absolute atomic E-state index is 0.0833. The van der Waals surface area contributed by atoms with E-state index < -0.39 is 44.7 Å². The van der Waals surface area contributed by atoms with Crippen molar-refractivity contribution in [1.82, 2.24) is 4.98 Å². The predicted octanol–water partition coefficient (Wildman–Crippen LogP) is 8.28. The lowest BCUT2D eigenvalue weighted by Gasteiger charge is -2.44. The number of aliphatic hydroxyl groups excluding tert-OH is 3. The number of carbonyl (C=O) groups excluding carboxylic acids is 2. The number of benzene rings is 4. The Morgan fingerprint density at radius 3 is 2.03 bits per heavy atom. The summed E-state index contributed by atoms with van der Waals surface area (Å²) in [6, 6.07) is 46.6. The van der Waals surface area contributed by atoms with Crippen LogP contribution in [-0.4, -0.2) is 59.8 Å². The molecular weight excluding hydrogens is 819 g/mol. The molecular formula is C53H55N3O7Si. The molecule has 4 atom stereocenters. The van der Waals surface area contributed by atoms with Gasteiger partial charge >= 0.3 is 0 Å². The number of para-hydroxylation sites is 1. The van der Waals surface area contributed by atoms with Crippen molar-refractivity contribution in [3.05, 3.63) is 180 Å². The number of rotatable bonds is 16. The zero-order valence-electron chi connectivity index (χ0n) is 36.4. The summed E-state index contributed by atoms with van der Waals surface area (Å²) in [6.07, 6.45) is 3.19. The minimum atomic E-state index is -3.11. The van der Waals surface area contributed by atoms with Crippen LogP contribution >= 0.6 is 0 Å². The Balaban J connectivity index is 1.17. The van der Waals surface area contributed by atoms with Gasteiger partial charge in [-0.25, -0.2) is 0 Å². The number of amides is 2. The highest BCUT2D eigenvalue weighted by Crippen LogP contribution is 2.48. The first-order valence-corrected chi connectivity index (χ1v) is 23.8. The van der Waals surface area contributed by atoms with Gasteiger partial charge in [0.05, 0.1) is 42.5 Å². The zero-order valence-corrected chi connectivity index (χ0v) is 37.4. The van der Waals surface area contributed by atoms with Gasteiger partial charge in [-0.15, -0.1) is 0 Å². The molecule has 6 aromatic rings. The molecule has 4 aromatic carbocycles. The van der Waals surface area contributed by atoms with Crippen LogP contribution < -0.4 is 20.6 Å². The molecule has 0 bridgehead atoms. The number of fused-ring (bicyclic) bond motifs is 1. The van der Waals surface area contributed by atoms with E-state index in [2.05, 4.69) is 55.3 Å². The largest absolute Gasteiger partial charge is 0.459 e. The second kappa shape index (κ2) is 19.3. The van der Waals surface area contributed by atoms with Crippen LogP contribution in [0.5, 0.6) is 0 Å². The molecule has 1 aliphatic heterocycles. The summed E-state index contributed by atoms with van der Waals surface area (Å²) < 4.78 is 13.3. The SMILES string of the molecule is CC(C)(C)[Si](OCC1=C([C@H](O)CC/C(=C/c2ccc(CO)o2)c2ccccn2)[C@H](CO)[C@@H]2C(=O)N(c3ccc(Nc4ccccc4)cc3)C(=O)[C@@H]2C1)(c1ccccc1)c1ccccc1. The average Bonchev–Trinajstić information content (AvgIpc) is 3.88. The summed E-state index contributed by atoms with van der Waals surface area (Å²) in [4.78, 5) is 35.2. The van der Waals surface area contributed by atoms with Crippen LogP contribution in [-0.2, 0) is 20.6 Å². The van der Waals surface area contributed by atoms with Gasteiger partial charge in [-0.05, 0) is 118 Å². The Morgan fingerprint density at radius 2 is 1.45 bits per heavy atom. The highest BCUT2D eigenvalue weighted by Gasteiger charge is 2.56. The van der Waals surface area contributed by atoms with Gasteiger partial charge < -0.3 is 29.5 Å². The maximum atomic E-state index is 14.7. The topological polar surface area (TPSA) is 145 Å². The number of nitrogens with zero attached hydrogens (tertiary/aromatic N) is 2. The summed E-state index contributed by atoms with van der Waals surface area (Å²) in [5.41, 5.74) is 4.89. The third-order valence-electron chi connectivity index (χ3n) is 12.6. The minimum Gasteiger partial charge on any atom is -0.459 e. The number of furan rings is 1. The number of nitrogens with one attached hydrogen (secondary N) is 1. The van der Waals surface area contributed by atoms with Gasteiger partial charge in [0.25, 0.3) is 8.32 Å². The third-order valence-corrected chi connectivity index (χ3v) is 17.6. The van der Waals surface area contributed by atoms with E-state index in [0.29, 0.717) is 40.5 Å². The van der Waals surface area contributed by atoms with E-state index in [1.165, 1.54) is 4.90 Å². The maximum Gasteiger partial charge on any atom is 0.261 e. The van der Waals surface area contributed by atoms with Gasteiger partial charge in [-0.3, -0.25) is 19.5 Å². The van der Waals surface area contributed by atoms with Crippen LogP contribution in [0.3, 0.4) is 0 Å². The summed E-state index contributed by atoms with van der Waals surface area (Å²) in [7, 11) is -3.11. The van der Waals surface area contributed by atoms with E-state index in [0.717, 1.165) is 27.3 Å². The van der Waals surface area contributed by atoms with Crippen LogP contribution in [0.1, 0.15) is 57.2 Å². The number of carbonyl (C=O) groups is 2. The Bertz CT molecular complexity index is 2550. The van der Waals surface area contributed by atoms with Gasteiger partial charge in [0.1, 0.15) is 18.1 Å². The second-order valence-electron chi connectivity index (χ2n) is 17.6. The first-order valence-electron chi connectivity index (χ1n) is 21.9. The number of hydrogen-bond donors (Lipinski definition) is 4. The second-order valence-corrected chi connectivity index (χ2v) is 21.9. The van der Waals surface area contributed by atoms with Crippen LogP contribution in [0.4, 0.5) is 17.1 Å². The van der Waals surface area contributed by atoms with Crippen molar-refractivity contribution in [3.63, 3.8) is 0 Å². The molecule has 0 unspecified atom stereocenters. The molecule has 2 aliphatic rings. The molecule has 11 heteroatoms. The number of pyridine rings is 1. The van der Waals surface area contributed by atoms with Gasteiger partial charge in [-0.1, -0.05) is 106 Å². The fraction of sp³-hybridized carbons (Fsp3) is 0.264. The van der Waals surface area contributed by atoms with Crippen molar-refractivity contribution in [1.29, 1.82) is 0 Å². The van der Waals surface area contributed by atoms with Crippen molar-refractivity contribution in [2.45, 2.75) is 57.8 Å². The Labute approximate surface area is 375 Å². The third kappa shape index (κ3) is 8.95. The molecule has 0 radical (unpaired) electrons. The van der Waals surface area contributed by atoms with Crippen LogP contribution in [0.15, 0.2) is 167 Å². The van der Waals surface area contributed by atoms with Crippen molar-refractivity contribution in [2.75, 3.05) is 23.4 Å². The van der Waals surface area contributed by atoms with Crippen LogP contribution in [0, 0.1) is 17.8 Å². The van der Waals surface area contributed by atoms with E-state index >= 15 is 0 Å². The van der Waals surface area contributed by atoms with Crippen LogP contribution in [0.2, 0.25) is 5.04 Å². The van der Waals surface area contributed by atoms with Crippen molar-refractivity contribution < 1.29 is 33.8 Å². The van der Waals surface area contributed by atoms with Crippen molar-refractivity contribution in [2.24, 2.45) is 17.8 Å².